The normalized spacial score (nSPS) is 26.9. The highest BCUT2D eigenvalue weighted by Crippen LogP contribution is 2.18. The number of ether oxygens (including phenoxy) is 1. The van der Waals surface area contributed by atoms with Crippen LogP contribution in [0, 0.1) is 11.8 Å². The van der Waals surface area contributed by atoms with E-state index in [0.717, 1.165) is 45.7 Å². The van der Waals surface area contributed by atoms with Crippen LogP contribution in [0.4, 0.5) is 0 Å². The first kappa shape index (κ1) is 11.9. The van der Waals surface area contributed by atoms with E-state index in [1.807, 2.05) is 0 Å². The van der Waals surface area contributed by atoms with Gasteiger partial charge in [0.25, 0.3) is 0 Å². The van der Waals surface area contributed by atoms with E-state index in [1.54, 1.807) is 0 Å². The molecule has 0 aromatic carbocycles. The SMILES string of the molecule is O=C(CC1CCOCC1)NCC1CCNC1. The van der Waals surface area contributed by atoms with E-state index in [1.165, 1.54) is 6.42 Å². The van der Waals surface area contributed by atoms with Crippen molar-refractivity contribution in [3.63, 3.8) is 0 Å². The third kappa shape index (κ3) is 3.76. The van der Waals surface area contributed by atoms with Crippen molar-refractivity contribution in [3.8, 4) is 0 Å². The van der Waals surface area contributed by atoms with Crippen LogP contribution in [0.15, 0.2) is 0 Å². The van der Waals surface area contributed by atoms with E-state index in [9.17, 15) is 4.79 Å². The van der Waals surface area contributed by atoms with Crippen molar-refractivity contribution >= 4 is 5.91 Å². The summed E-state index contributed by atoms with van der Waals surface area (Å²) in [5.41, 5.74) is 0. The number of nitrogens with one attached hydrogen (secondary N) is 2. The average molecular weight is 226 g/mol. The highest BCUT2D eigenvalue weighted by Gasteiger charge is 2.19. The lowest BCUT2D eigenvalue weighted by atomic mass is 9.96. The van der Waals surface area contributed by atoms with Gasteiger partial charge in [-0.15, -0.1) is 0 Å². The molecule has 0 aliphatic carbocycles. The Balaban J connectivity index is 1.59. The van der Waals surface area contributed by atoms with Crippen LogP contribution in [0.3, 0.4) is 0 Å². The standard InChI is InChI=1S/C12H22N2O2/c15-12(7-10-2-5-16-6-3-10)14-9-11-1-4-13-8-11/h10-11,13H,1-9H2,(H,14,15). The zero-order valence-electron chi connectivity index (χ0n) is 9.84. The molecule has 4 heteroatoms. The first-order chi connectivity index (χ1) is 7.84. The molecule has 0 aromatic rings. The molecular formula is C12H22N2O2. The molecule has 2 rings (SSSR count). The summed E-state index contributed by atoms with van der Waals surface area (Å²) in [6.45, 7) is 4.64. The molecule has 1 atom stereocenters. The lowest BCUT2D eigenvalue weighted by Crippen LogP contribution is -2.32. The summed E-state index contributed by atoms with van der Waals surface area (Å²) >= 11 is 0. The average Bonchev–Trinajstić information content (AvgIpc) is 2.81. The van der Waals surface area contributed by atoms with E-state index < -0.39 is 0 Å². The third-order valence-corrected chi connectivity index (χ3v) is 3.57. The van der Waals surface area contributed by atoms with Crippen molar-refractivity contribution in [3.05, 3.63) is 0 Å². The first-order valence-corrected chi connectivity index (χ1v) is 6.40. The molecule has 92 valence electrons. The van der Waals surface area contributed by atoms with Crippen molar-refractivity contribution < 1.29 is 9.53 Å². The number of amides is 1. The molecule has 1 unspecified atom stereocenters. The topological polar surface area (TPSA) is 50.4 Å². The summed E-state index contributed by atoms with van der Waals surface area (Å²) in [6, 6.07) is 0. The molecular weight excluding hydrogens is 204 g/mol. The van der Waals surface area contributed by atoms with Crippen LogP contribution >= 0.6 is 0 Å². The van der Waals surface area contributed by atoms with Crippen molar-refractivity contribution in [2.24, 2.45) is 11.8 Å². The molecule has 0 aromatic heterocycles. The molecule has 0 radical (unpaired) electrons. The van der Waals surface area contributed by atoms with E-state index in [0.29, 0.717) is 18.3 Å². The number of hydrogen-bond acceptors (Lipinski definition) is 3. The number of hydrogen-bond donors (Lipinski definition) is 2. The van der Waals surface area contributed by atoms with Gasteiger partial charge in [-0.2, -0.15) is 0 Å². The van der Waals surface area contributed by atoms with Gasteiger partial charge in [0.15, 0.2) is 0 Å². The lowest BCUT2D eigenvalue weighted by Gasteiger charge is -2.21. The van der Waals surface area contributed by atoms with Crippen molar-refractivity contribution in [1.29, 1.82) is 0 Å². The van der Waals surface area contributed by atoms with Gasteiger partial charge in [0.05, 0.1) is 0 Å². The summed E-state index contributed by atoms with van der Waals surface area (Å²) in [4.78, 5) is 11.7. The van der Waals surface area contributed by atoms with Crippen LogP contribution in [-0.4, -0.2) is 38.8 Å². The fourth-order valence-corrected chi connectivity index (χ4v) is 2.43. The quantitative estimate of drug-likeness (QED) is 0.735. The van der Waals surface area contributed by atoms with Crippen LogP contribution in [0.2, 0.25) is 0 Å². The second-order valence-corrected chi connectivity index (χ2v) is 4.92. The summed E-state index contributed by atoms with van der Waals surface area (Å²) in [5.74, 6) is 1.40. The van der Waals surface area contributed by atoms with Gasteiger partial charge in [-0.05, 0) is 44.2 Å². The Labute approximate surface area is 97.1 Å². The van der Waals surface area contributed by atoms with Crippen molar-refractivity contribution in [2.45, 2.75) is 25.7 Å². The van der Waals surface area contributed by atoms with Crippen LogP contribution < -0.4 is 10.6 Å². The monoisotopic (exact) mass is 226 g/mol. The minimum Gasteiger partial charge on any atom is -0.381 e. The van der Waals surface area contributed by atoms with E-state index >= 15 is 0 Å². The Kier molecular flexibility index (Phi) is 4.60. The molecule has 1 amide bonds. The minimum absolute atomic E-state index is 0.221. The Bertz CT molecular complexity index is 221. The molecule has 4 nitrogen and oxygen atoms in total. The van der Waals surface area contributed by atoms with Gasteiger partial charge in [-0.1, -0.05) is 0 Å². The van der Waals surface area contributed by atoms with Crippen molar-refractivity contribution in [2.75, 3.05) is 32.8 Å². The molecule has 2 heterocycles. The number of rotatable bonds is 4. The molecule has 16 heavy (non-hydrogen) atoms. The predicted octanol–water partition coefficient (Wildman–Crippen LogP) is 0.529. The second-order valence-electron chi connectivity index (χ2n) is 4.92. The molecule has 2 N–H and O–H groups in total. The molecule has 2 aliphatic rings. The van der Waals surface area contributed by atoms with Crippen LogP contribution in [0.1, 0.15) is 25.7 Å². The lowest BCUT2D eigenvalue weighted by molar-refractivity contribution is -0.122. The summed E-state index contributed by atoms with van der Waals surface area (Å²) in [7, 11) is 0. The largest absolute Gasteiger partial charge is 0.381 e. The maximum atomic E-state index is 11.7. The van der Waals surface area contributed by atoms with Crippen molar-refractivity contribution in [1.82, 2.24) is 10.6 Å². The highest BCUT2D eigenvalue weighted by molar-refractivity contribution is 5.76. The summed E-state index contributed by atoms with van der Waals surface area (Å²) in [5, 5.41) is 6.36. The van der Waals surface area contributed by atoms with Gasteiger partial charge in [0.1, 0.15) is 0 Å². The van der Waals surface area contributed by atoms with Crippen LogP contribution in [0.25, 0.3) is 0 Å². The zero-order chi connectivity index (χ0) is 11.2. The minimum atomic E-state index is 0.221. The Morgan fingerprint density at radius 1 is 1.25 bits per heavy atom. The highest BCUT2D eigenvalue weighted by atomic mass is 16.5. The predicted molar refractivity (Wildman–Crippen MR) is 62.1 cm³/mol. The van der Waals surface area contributed by atoms with Gasteiger partial charge >= 0.3 is 0 Å². The van der Waals surface area contributed by atoms with Gasteiger partial charge in [-0.25, -0.2) is 0 Å². The van der Waals surface area contributed by atoms with E-state index in [-0.39, 0.29) is 5.91 Å². The zero-order valence-corrected chi connectivity index (χ0v) is 9.84. The van der Waals surface area contributed by atoms with E-state index in [4.69, 9.17) is 4.74 Å². The maximum Gasteiger partial charge on any atom is 0.220 e. The second kappa shape index (κ2) is 6.21. The Hall–Kier alpha value is -0.610. The molecule has 2 fully saturated rings. The fourth-order valence-electron chi connectivity index (χ4n) is 2.43. The van der Waals surface area contributed by atoms with Gasteiger partial charge in [0, 0.05) is 26.2 Å². The fraction of sp³-hybridized carbons (Fsp3) is 0.917. The Morgan fingerprint density at radius 3 is 2.75 bits per heavy atom. The Morgan fingerprint density at radius 2 is 2.06 bits per heavy atom. The van der Waals surface area contributed by atoms with Crippen LogP contribution in [-0.2, 0) is 9.53 Å². The summed E-state index contributed by atoms with van der Waals surface area (Å²) in [6.07, 6.45) is 3.96. The summed E-state index contributed by atoms with van der Waals surface area (Å²) < 4.78 is 5.28. The molecule has 0 saturated carbocycles. The maximum absolute atomic E-state index is 11.7. The molecule has 2 aliphatic heterocycles. The van der Waals surface area contributed by atoms with E-state index in [2.05, 4.69) is 10.6 Å². The smallest absolute Gasteiger partial charge is 0.220 e. The number of carbonyl (C=O) groups is 1. The number of carbonyl (C=O) groups excluding carboxylic acids is 1. The van der Waals surface area contributed by atoms with Gasteiger partial charge in [-0.3, -0.25) is 4.79 Å². The molecule has 2 saturated heterocycles. The first-order valence-electron chi connectivity index (χ1n) is 6.40. The molecule has 0 bridgehead atoms. The third-order valence-electron chi connectivity index (χ3n) is 3.57. The van der Waals surface area contributed by atoms with Crippen LogP contribution in [0.5, 0.6) is 0 Å². The molecule has 0 spiro atoms. The van der Waals surface area contributed by atoms with Gasteiger partial charge < -0.3 is 15.4 Å². The van der Waals surface area contributed by atoms with Gasteiger partial charge in [0.2, 0.25) is 5.91 Å².